The fourth-order valence-corrected chi connectivity index (χ4v) is 2.34. The van der Waals surface area contributed by atoms with Crippen molar-refractivity contribution in [3.63, 3.8) is 0 Å². The van der Waals surface area contributed by atoms with Gasteiger partial charge in [0.25, 0.3) is 0 Å². The third-order valence-corrected chi connectivity index (χ3v) is 3.71. The van der Waals surface area contributed by atoms with Crippen molar-refractivity contribution in [2.24, 2.45) is 0 Å². The molecule has 1 N–H and O–H groups in total. The molecule has 2 aromatic carbocycles. The van der Waals surface area contributed by atoms with E-state index in [-0.39, 0.29) is 24.5 Å². The highest BCUT2D eigenvalue weighted by atomic mass is 19.3. The van der Waals surface area contributed by atoms with E-state index >= 15 is 0 Å². The molecule has 0 aliphatic carbocycles. The maximum atomic E-state index is 12.1. The lowest BCUT2D eigenvalue weighted by molar-refractivity contribution is -0.116. The molecule has 0 atom stereocenters. The summed E-state index contributed by atoms with van der Waals surface area (Å²) in [5, 5.41) is 6.58. The minimum Gasteiger partial charge on any atom is -0.435 e. The molecule has 1 heterocycles. The Labute approximate surface area is 154 Å². The zero-order valence-corrected chi connectivity index (χ0v) is 14.5. The lowest BCUT2D eigenvalue weighted by Crippen LogP contribution is -2.12. The van der Waals surface area contributed by atoms with Crippen LogP contribution in [0, 0.1) is 6.92 Å². The molecule has 6 nitrogen and oxygen atoms in total. The number of hydrogen-bond acceptors (Lipinski definition) is 5. The maximum absolute atomic E-state index is 12.1. The molecule has 3 aromatic rings. The number of ether oxygens (including phenoxy) is 1. The fourth-order valence-electron chi connectivity index (χ4n) is 2.34. The Morgan fingerprint density at radius 1 is 1.15 bits per heavy atom. The van der Waals surface area contributed by atoms with E-state index in [4.69, 9.17) is 4.52 Å². The fraction of sp³-hybridized carbons (Fsp3) is 0.211. The van der Waals surface area contributed by atoms with E-state index in [1.807, 2.05) is 31.2 Å². The smallest absolute Gasteiger partial charge is 0.387 e. The molecule has 0 spiro atoms. The topological polar surface area (TPSA) is 77.2 Å². The monoisotopic (exact) mass is 373 g/mol. The number of amides is 1. The van der Waals surface area contributed by atoms with Gasteiger partial charge in [-0.2, -0.15) is 13.8 Å². The highest BCUT2D eigenvalue weighted by molar-refractivity contribution is 5.90. The van der Waals surface area contributed by atoms with Crippen LogP contribution in [-0.2, 0) is 11.2 Å². The van der Waals surface area contributed by atoms with Crippen LogP contribution in [-0.4, -0.2) is 22.7 Å². The van der Waals surface area contributed by atoms with Crippen molar-refractivity contribution in [3.8, 4) is 17.1 Å². The highest BCUT2D eigenvalue weighted by Gasteiger charge is 2.11. The molecule has 3 rings (SSSR count). The summed E-state index contributed by atoms with van der Waals surface area (Å²) in [6, 6.07) is 13.4. The van der Waals surface area contributed by atoms with Gasteiger partial charge in [-0.05, 0) is 31.2 Å². The van der Waals surface area contributed by atoms with Crippen molar-refractivity contribution >= 4 is 11.6 Å². The minimum atomic E-state index is -2.88. The molecule has 0 fully saturated rings. The zero-order chi connectivity index (χ0) is 19.2. The van der Waals surface area contributed by atoms with Crippen molar-refractivity contribution in [2.75, 3.05) is 5.32 Å². The van der Waals surface area contributed by atoms with Gasteiger partial charge >= 0.3 is 6.61 Å². The molecule has 8 heteroatoms. The molecule has 1 amide bonds. The number of aromatic nitrogens is 2. The van der Waals surface area contributed by atoms with Gasteiger partial charge in [0.05, 0.1) is 0 Å². The number of rotatable bonds is 7. The normalized spacial score (nSPS) is 10.8. The van der Waals surface area contributed by atoms with Crippen LogP contribution in [0.2, 0.25) is 0 Å². The molecule has 140 valence electrons. The van der Waals surface area contributed by atoms with Gasteiger partial charge in [0.2, 0.25) is 17.6 Å². The Morgan fingerprint density at radius 2 is 1.85 bits per heavy atom. The van der Waals surface area contributed by atoms with Crippen LogP contribution < -0.4 is 10.1 Å². The second-order valence-corrected chi connectivity index (χ2v) is 5.83. The van der Waals surface area contributed by atoms with Gasteiger partial charge in [-0.3, -0.25) is 4.79 Å². The van der Waals surface area contributed by atoms with Crippen molar-refractivity contribution in [1.29, 1.82) is 0 Å². The van der Waals surface area contributed by atoms with Crippen LogP contribution in [0.5, 0.6) is 5.75 Å². The number of nitrogens with one attached hydrogen (secondary N) is 1. The SMILES string of the molecule is Cc1ccc(-c2noc(CCC(=O)Nc3ccc(OC(F)F)cc3)n2)cc1. The predicted molar refractivity (Wildman–Crippen MR) is 94.5 cm³/mol. The van der Waals surface area contributed by atoms with Gasteiger partial charge in [0.1, 0.15) is 5.75 Å². The molecule has 0 bridgehead atoms. The van der Waals surface area contributed by atoms with E-state index in [2.05, 4.69) is 20.2 Å². The molecule has 0 radical (unpaired) electrons. The minimum absolute atomic E-state index is 0.0255. The average molecular weight is 373 g/mol. The average Bonchev–Trinajstić information content (AvgIpc) is 3.11. The van der Waals surface area contributed by atoms with Gasteiger partial charge in [0.15, 0.2) is 0 Å². The Bertz CT molecular complexity index is 893. The van der Waals surface area contributed by atoms with Crippen molar-refractivity contribution in [3.05, 3.63) is 60.0 Å². The lowest BCUT2D eigenvalue weighted by Gasteiger charge is -2.07. The number of carbonyl (C=O) groups excluding carboxylic acids is 1. The summed E-state index contributed by atoms with van der Waals surface area (Å²) < 4.78 is 33.6. The maximum Gasteiger partial charge on any atom is 0.387 e. The van der Waals surface area contributed by atoms with Crippen molar-refractivity contribution in [2.45, 2.75) is 26.4 Å². The molecule has 1 aromatic heterocycles. The predicted octanol–water partition coefficient (Wildman–Crippen LogP) is 4.22. The van der Waals surface area contributed by atoms with Gasteiger partial charge < -0.3 is 14.6 Å². The number of anilines is 1. The summed E-state index contributed by atoms with van der Waals surface area (Å²) in [7, 11) is 0. The molecule has 0 aliphatic rings. The highest BCUT2D eigenvalue weighted by Crippen LogP contribution is 2.19. The Kier molecular flexibility index (Phi) is 5.75. The van der Waals surface area contributed by atoms with Crippen molar-refractivity contribution in [1.82, 2.24) is 10.1 Å². The number of halogens is 2. The Morgan fingerprint density at radius 3 is 2.52 bits per heavy atom. The van der Waals surface area contributed by atoms with Gasteiger partial charge in [-0.1, -0.05) is 35.0 Å². The van der Waals surface area contributed by atoms with E-state index in [9.17, 15) is 13.6 Å². The van der Waals surface area contributed by atoms with Crippen LogP contribution in [0.15, 0.2) is 53.1 Å². The third kappa shape index (κ3) is 5.34. The molecule has 0 saturated heterocycles. The number of benzene rings is 2. The standard InChI is InChI=1S/C19H17F2N3O3/c1-12-2-4-13(5-3-12)18-23-17(27-24-18)11-10-16(25)22-14-6-8-15(9-7-14)26-19(20)21/h2-9,19H,10-11H2,1H3,(H,22,25). The van der Waals surface area contributed by atoms with E-state index in [1.54, 1.807) is 0 Å². The molecule has 0 saturated carbocycles. The van der Waals surface area contributed by atoms with E-state index in [0.29, 0.717) is 17.4 Å². The molecule has 0 unspecified atom stereocenters. The van der Waals surface area contributed by atoms with Gasteiger partial charge in [-0.25, -0.2) is 0 Å². The summed E-state index contributed by atoms with van der Waals surface area (Å²) >= 11 is 0. The first-order valence-electron chi connectivity index (χ1n) is 8.24. The second-order valence-electron chi connectivity index (χ2n) is 5.83. The van der Waals surface area contributed by atoms with Crippen LogP contribution in [0.4, 0.5) is 14.5 Å². The van der Waals surface area contributed by atoms with E-state index < -0.39 is 6.61 Å². The molecular formula is C19H17F2N3O3. The molecule has 27 heavy (non-hydrogen) atoms. The number of carbonyl (C=O) groups is 1. The first-order chi connectivity index (χ1) is 13.0. The molecular weight excluding hydrogens is 356 g/mol. The first-order valence-corrected chi connectivity index (χ1v) is 8.24. The summed E-state index contributed by atoms with van der Waals surface area (Å²) in [4.78, 5) is 16.3. The van der Waals surface area contributed by atoms with Crippen LogP contribution in [0.1, 0.15) is 17.9 Å². The summed E-state index contributed by atoms with van der Waals surface area (Å²) in [6.07, 6.45) is 0.433. The van der Waals surface area contributed by atoms with Gasteiger partial charge in [-0.15, -0.1) is 0 Å². The lowest BCUT2D eigenvalue weighted by atomic mass is 10.1. The first kappa shape index (κ1) is 18.5. The van der Waals surface area contributed by atoms with Crippen LogP contribution in [0.3, 0.4) is 0 Å². The third-order valence-electron chi connectivity index (χ3n) is 3.71. The van der Waals surface area contributed by atoms with Gasteiger partial charge in [0, 0.05) is 24.1 Å². The summed E-state index contributed by atoms with van der Waals surface area (Å²) in [5.74, 6) is 0.603. The largest absolute Gasteiger partial charge is 0.435 e. The van der Waals surface area contributed by atoms with E-state index in [0.717, 1.165) is 11.1 Å². The number of alkyl halides is 2. The van der Waals surface area contributed by atoms with Crippen LogP contribution >= 0.6 is 0 Å². The second kappa shape index (κ2) is 8.39. The number of hydrogen-bond donors (Lipinski definition) is 1. The zero-order valence-electron chi connectivity index (χ0n) is 14.5. The number of aryl methyl sites for hydroxylation is 2. The molecule has 0 aliphatic heterocycles. The summed E-state index contributed by atoms with van der Waals surface area (Å²) in [5.41, 5.74) is 2.45. The van der Waals surface area contributed by atoms with Crippen molar-refractivity contribution < 1.29 is 22.8 Å². The summed E-state index contributed by atoms with van der Waals surface area (Å²) in [6.45, 7) is -0.895. The number of nitrogens with zero attached hydrogens (tertiary/aromatic N) is 2. The van der Waals surface area contributed by atoms with Crippen LogP contribution in [0.25, 0.3) is 11.4 Å². The Hall–Kier alpha value is -3.29. The quantitative estimate of drug-likeness (QED) is 0.671. The van der Waals surface area contributed by atoms with E-state index in [1.165, 1.54) is 24.3 Å². The Balaban J connectivity index is 1.51.